The molecule has 2 heterocycles. The van der Waals surface area contributed by atoms with Crippen LogP contribution in [0.3, 0.4) is 0 Å². The lowest BCUT2D eigenvalue weighted by Gasteiger charge is -2.25. The Bertz CT molecular complexity index is 306. The molecule has 0 N–H and O–H groups in total. The molecule has 2 heteroatoms. The number of pyridine rings is 1. The summed E-state index contributed by atoms with van der Waals surface area (Å²) in [4.78, 5) is 4.11. The maximum absolute atomic E-state index is 5.19. The molecular weight excluding hydrogens is 150 g/mol. The minimum atomic E-state index is 0.532. The Morgan fingerprint density at radius 2 is 2.33 bits per heavy atom. The lowest BCUT2D eigenvalue weighted by molar-refractivity contribution is 0.00829. The normalized spacial score (nSPS) is 16.6. The average molecular weight is 159 g/mol. The van der Waals surface area contributed by atoms with Crippen molar-refractivity contribution in [2.24, 2.45) is 0 Å². The predicted molar refractivity (Wildman–Crippen MR) is 45.7 cm³/mol. The summed E-state index contributed by atoms with van der Waals surface area (Å²) in [6.07, 6.45) is 7.02. The summed E-state index contributed by atoms with van der Waals surface area (Å²) in [5, 5.41) is 0. The topological polar surface area (TPSA) is 22.1 Å². The Morgan fingerprint density at radius 3 is 2.75 bits per heavy atom. The first-order valence-corrected chi connectivity index (χ1v) is 3.90. The van der Waals surface area contributed by atoms with Gasteiger partial charge in [-0.25, -0.2) is 4.98 Å². The van der Waals surface area contributed by atoms with E-state index in [2.05, 4.69) is 10.9 Å². The van der Waals surface area contributed by atoms with Gasteiger partial charge < -0.3 is 4.74 Å². The maximum Gasteiger partial charge on any atom is 0.112 e. The van der Waals surface area contributed by atoms with Gasteiger partial charge in [-0.2, -0.15) is 0 Å². The number of aromatic nitrogens is 1. The third-order valence-corrected chi connectivity index (χ3v) is 2.04. The third-order valence-electron chi connectivity index (χ3n) is 2.04. The zero-order valence-corrected chi connectivity index (χ0v) is 6.66. The molecule has 1 aliphatic heterocycles. The van der Waals surface area contributed by atoms with Crippen molar-refractivity contribution in [3.8, 4) is 12.3 Å². The van der Waals surface area contributed by atoms with Crippen molar-refractivity contribution in [3.63, 3.8) is 0 Å². The number of hydrogen-bond donors (Lipinski definition) is 0. The van der Waals surface area contributed by atoms with E-state index in [-0.39, 0.29) is 0 Å². The lowest BCUT2D eigenvalue weighted by Crippen LogP contribution is -2.25. The van der Waals surface area contributed by atoms with Crippen LogP contribution in [-0.2, 0) is 4.74 Å². The smallest absolute Gasteiger partial charge is 0.112 e. The molecule has 0 aromatic carbocycles. The quantitative estimate of drug-likeness (QED) is 0.574. The third kappa shape index (κ3) is 1.19. The van der Waals surface area contributed by atoms with E-state index in [4.69, 9.17) is 11.2 Å². The summed E-state index contributed by atoms with van der Waals surface area (Å²) in [5.41, 5.74) is 1.92. The summed E-state index contributed by atoms with van der Waals surface area (Å²) in [7, 11) is 0. The van der Waals surface area contributed by atoms with E-state index in [0.717, 1.165) is 13.2 Å². The SMILES string of the molecule is C#Cc1ccc(C2COC2)cn1. The van der Waals surface area contributed by atoms with Crippen molar-refractivity contribution >= 4 is 0 Å². The highest BCUT2D eigenvalue weighted by Gasteiger charge is 2.20. The largest absolute Gasteiger partial charge is 0.380 e. The number of nitrogens with zero attached hydrogens (tertiary/aromatic N) is 1. The van der Waals surface area contributed by atoms with Crippen molar-refractivity contribution in [3.05, 3.63) is 29.6 Å². The molecule has 1 saturated heterocycles. The highest BCUT2D eigenvalue weighted by molar-refractivity contribution is 5.28. The minimum absolute atomic E-state index is 0.532. The van der Waals surface area contributed by atoms with Gasteiger partial charge in [0, 0.05) is 12.1 Å². The van der Waals surface area contributed by atoms with Crippen LogP contribution >= 0.6 is 0 Å². The van der Waals surface area contributed by atoms with Gasteiger partial charge in [0.15, 0.2) is 0 Å². The van der Waals surface area contributed by atoms with Crippen molar-refractivity contribution in [2.75, 3.05) is 13.2 Å². The number of terminal acetylenes is 1. The van der Waals surface area contributed by atoms with Gasteiger partial charge in [0.2, 0.25) is 0 Å². The van der Waals surface area contributed by atoms with Gasteiger partial charge in [-0.3, -0.25) is 0 Å². The molecule has 12 heavy (non-hydrogen) atoms. The van der Waals surface area contributed by atoms with Crippen molar-refractivity contribution in [1.29, 1.82) is 0 Å². The summed E-state index contributed by atoms with van der Waals surface area (Å²) in [6.45, 7) is 1.63. The van der Waals surface area contributed by atoms with Crippen LogP contribution in [0.5, 0.6) is 0 Å². The standard InChI is InChI=1S/C10H9NO/c1-2-10-4-3-8(5-11-10)9-6-12-7-9/h1,3-5,9H,6-7H2. The van der Waals surface area contributed by atoms with Crippen LogP contribution < -0.4 is 0 Å². The van der Waals surface area contributed by atoms with Crippen molar-refractivity contribution in [1.82, 2.24) is 4.98 Å². The Hall–Kier alpha value is -1.33. The van der Waals surface area contributed by atoms with Gasteiger partial charge >= 0.3 is 0 Å². The van der Waals surface area contributed by atoms with Crippen molar-refractivity contribution < 1.29 is 4.74 Å². The summed E-state index contributed by atoms with van der Waals surface area (Å²) in [5.74, 6) is 3.02. The Kier molecular flexibility index (Phi) is 1.81. The van der Waals surface area contributed by atoms with Crippen LogP contribution in [0.2, 0.25) is 0 Å². The number of rotatable bonds is 1. The molecule has 0 radical (unpaired) electrons. The zero-order chi connectivity index (χ0) is 8.39. The van der Waals surface area contributed by atoms with Crippen molar-refractivity contribution in [2.45, 2.75) is 5.92 Å². The fraction of sp³-hybridized carbons (Fsp3) is 0.300. The first kappa shape index (κ1) is 7.33. The van der Waals surface area contributed by atoms with Gasteiger partial charge in [-0.05, 0) is 11.6 Å². The first-order valence-electron chi connectivity index (χ1n) is 3.90. The molecule has 0 bridgehead atoms. The molecule has 1 aromatic rings. The molecule has 0 aliphatic carbocycles. The van der Waals surface area contributed by atoms with Crippen LogP contribution in [0.25, 0.3) is 0 Å². The number of ether oxygens (including phenoxy) is 1. The summed E-state index contributed by atoms with van der Waals surface area (Å²) in [6, 6.07) is 3.89. The van der Waals surface area contributed by atoms with E-state index < -0.39 is 0 Å². The van der Waals surface area contributed by atoms with Gasteiger partial charge in [0.05, 0.1) is 13.2 Å². The van der Waals surface area contributed by atoms with Gasteiger partial charge in [-0.15, -0.1) is 6.42 Å². The molecule has 0 atom stereocenters. The molecule has 0 unspecified atom stereocenters. The molecule has 0 amide bonds. The second kappa shape index (κ2) is 2.96. The van der Waals surface area contributed by atoms with Crippen LogP contribution in [0.1, 0.15) is 17.2 Å². The monoisotopic (exact) mass is 159 g/mol. The molecule has 1 fully saturated rings. The average Bonchev–Trinajstić information content (AvgIpc) is 2.03. The molecular formula is C10H9NO. The molecule has 0 saturated carbocycles. The molecule has 1 aliphatic rings. The van der Waals surface area contributed by atoms with E-state index >= 15 is 0 Å². The van der Waals surface area contributed by atoms with Crippen LogP contribution in [0, 0.1) is 12.3 Å². The predicted octanol–water partition coefficient (Wildman–Crippen LogP) is 1.18. The Labute approximate surface area is 71.6 Å². The maximum atomic E-state index is 5.19. The lowest BCUT2D eigenvalue weighted by atomic mass is 9.99. The van der Waals surface area contributed by atoms with Crippen LogP contribution in [0.4, 0.5) is 0 Å². The summed E-state index contributed by atoms with van der Waals surface area (Å²) >= 11 is 0. The molecule has 1 aromatic heterocycles. The minimum Gasteiger partial charge on any atom is -0.380 e. The van der Waals surface area contributed by atoms with E-state index in [9.17, 15) is 0 Å². The van der Waals surface area contributed by atoms with Gasteiger partial charge in [-0.1, -0.05) is 12.0 Å². The van der Waals surface area contributed by atoms with E-state index in [1.807, 2.05) is 18.3 Å². The molecule has 60 valence electrons. The number of hydrogen-bond acceptors (Lipinski definition) is 2. The fourth-order valence-corrected chi connectivity index (χ4v) is 1.16. The molecule has 0 spiro atoms. The van der Waals surface area contributed by atoms with E-state index in [1.54, 1.807) is 0 Å². The van der Waals surface area contributed by atoms with Crippen LogP contribution in [-0.4, -0.2) is 18.2 Å². The van der Waals surface area contributed by atoms with Gasteiger partial charge in [0.1, 0.15) is 5.69 Å². The van der Waals surface area contributed by atoms with E-state index in [1.165, 1.54) is 5.56 Å². The van der Waals surface area contributed by atoms with Gasteiger partial charge in [0.25, 0.3) is 0 Å². The first-order chi connectivity index (χ1) is 5.90. The van der Waals surface area contributed by atoms with Crippen LogP contribution in [0.15, 0.2) is 18.3 Å². The fourth-order valence-electron chi connectivity index (χ4n) is 1.16. The Balaban J connectivity index is 2.19. The molecule has 2 rings (SSSR count). The second-order valence-electron chi connectivity index (χ2n) is 2.86. The Morgan fingerprint density at radius 1 is 1.50 bits per heavy atom. The van der Waals surface area contributed by atoms with E-state index in [0.29, 0.717) is 11.6 Å². The molecule has 2 nitrogen and oxygen atoms in total. The highest BCUT2D eigenvalue weighted by Crippen LogP contribution is 2.22. The summed E-state index contributed by atoms with van der Waals surface area (Å²) < 4.78 is 5.08. The highest BCUT2D eigenvalue weighted by atomic mass is 16.5. The second-order valence-corrected chi connectivity index (χ2v) is 2.86. The zero-order valence-electron chi connectivity index (χ0n) is 6.66.